The highest BCUT2D eigenvalue weighted by atomic mass is 16.6. The lowest BCUT2D eigenvalue weighted by Gasteiger charge is -2.00. The van der Waals surface area contributed by atoms with Crippen LogP contribution in [0.2, 0.25) is 0 Å². The Morgan fingerprint density at radius 2 is 1.95 bits per heavy atom. The summed E-state index contributed by atoms with van der Waals surface area (Å²) < 4.78 is 0. The van der Waals surface area contributed by atoms with E-state index >= 15 is 0 Å². The molecule has 22 heavy (non-hydrogen) atoms. The van der Waals surface area contributed by atoms with Gasteiger partial charge in [-0.15, -0.1) is 0 Å². The summed E-state index contributed by atoms with van der Waals surface area (Å²) in [5.41, 5.74) is 4.03. The van der Waals surface area contributed by atoms with Gasteiger partial charge in [0.15, 0.2) is 0 Å². The number of nitro groups is 1. The van der Waals surface area contributed by atoms with Gasteiger partial charge in [-0.25, -0.2) is 5.43 Å². The average Bonchev–Trinajstić information content (AvgIpc) is 2.54. The number of hydrazone groups is 1. The minimum absolute atomic E-state index is 0.0145. The van der Waals surface area contributed by atoms with Crippen molar-refractivity contribution in [2.24, 2.45) is 5.10 Å². The van der Waals surface area contributed by atoms with Gasteiger partial charge >= 0.3 is 0 Å². The van der Waals surface area contributed by atoms with E-state index in [2.05, 4.69) is 10.5 Å². The highest BCUT2D eigenvalue weighted by Crippen LogP contribution is 2.11. The van der Waals surface area contributed by atoms with E-state index in [1.807, 2.05) is 30.3 Å². The van der Waals surface area contributed by atoms with E-state index in [-0.39, 0.29) is 11.6 Å². The van der Waals surface area contributed by atoms with Crippen LogP contribution in [-0.4, -0.2) is 17.0 Å². The Morgan fingerprint density at radius 1 is 1.18 bits per heavy atom. The highest BCUT2D eigenvalue weighted by Gasteiger charge is 2.04. The fourth-order valence-corrected chi connectivity index (χ4v) is 1.86. The van der Waals surface area contributed by atoms with E-state index in [1.54, 1.807) is 12.1 Å². The number of carbonyl (C=O) groups is 1. The van der Waals surface area contributed by atoms with Crippen molar-refractivity contribution in [3.63, 3.8) is 0 Å². The lowest BCUT2D eigenvalue weighted by atomic mass is 10.1. The third-order valence-electron chi connectivity index (χ3n) is 2.97. The molecule has 112 valence electrons. The van der Waals surface area contributed by atoms with E-state index in [9.17, 15) is 14.9 Å². The smallest absolute Gasteiger partial charge is 0.270 e. The van der Waals surface area contributed by atoms with Crippen molar-refractivity contribution in [3.05, 3.63) is 75.8 Å². The molecule has 0 bridgehead atoms. The summed E-state index contributed by atoms with van der Waals surface area (Å²) in [6, 6.07) is 15.7. The number of benzene rings is 2. The molecule has 6 heteroatoms. The van der Waals surface area contributed by atoms with Crippen molar-refractivity contribution in [2.75, 3.05) is 0 Å². The number of nitrogens with one attached hydrogen (secondary N) is 1. The normalized spacial score (nSPS) is 10.5. The van der Waals surface area contributed by atoms with Crippen LogP contribution in [-0.2, 0) is 11.2 Å². The molecule has 1 amide bonds. The SMILES string of the molecule is O=C(CCc1ccccc1)N/N=C\c1cccc([N+](=O)[O-])c1. The molecule has 0 radical (unpaired) electrons. The van der Waals surface area contributed by atoms with Gasteiger partial charge in [0.25, 0.3) is 5.69 Å². The fourth-order valence-electron chi connectivity index (χ4n) is 1.86. The third-order valence-corrected chi connectivity index (χ3v) is 2.97. The van der Waals surface area contributed by atoms with E-state index in [4.69, 9.17) is 0 Å². The molecular weight excluding hydrogens is 282 g/mol. The van der Waals surface area contributed by atoms with Crippen LogP contribution in [0.15, 0.2) is 59.7 Å². The molecule has 0 aliphatic rings. The zero-order valence-corrected chi connectivity index (χ0v) is 11.8. The molecule has 0 atom stereocenters. The third kappa shape index (κ3) is 4.82. The number of non-ortho nitro benzene ring substituents is 1. The van der Waals surface area contributed by atoms with Gasteiger partial charge in [0.1, 0.15) is 0 Å². The second kappa shape index (κ2) is 7.68. The molecule has 2 rings (SSSR count). The van der Waals surface area contributed by atoms with Crippen LogP contribution < -0.4 is 5.43 Å². The Morgan fingerprint density at radius 3 is 2.68 bits per heavy atom. The van der Waals surface area contributed by atoms with Crippen LogP contribution in [0.25, 0.3) is 0 Å². The van der Waals surface area contributed by atoms with Gasteiger partial charge in [-0.05, 0) is 12.0 Å². The van der Waals surface area contributed by atoms with Crippen LogP contribution >= 0.6 is 0 Å². The van der Waals surface area contributed by atoms with Crippen LogP contribution in [0.1, 0.15) is 17.5 Å². The number of carbonyl (C=O) groups excluding carboxylic acids is 1. The molecule has 0 saturated carbocycles. The molecule has 0 saturated heterocycles. The molecule has 1 N–H and O–H groups in total. The van der Waals surface area contributed by atoms with E-state index < -0.39 is 4.92 Å². The van der Waals surface area contributed by atoms with Crippen molar-refractivity contribution in [1.82, 2.24) is 5.43 Å². The van der Waals surface area contributed by atoms with Gasteiger partial charge in [0, 0.05) is 24.1 Å². The number of nitrogens with zero attached hydrogens (tertiary/aromatic N) is 2. The Bertz CT molecular complexity index is 684. The molecule has 0 heterocycles. The molecule has 6 nitrogen and oxygen atoms in total. The lowest BCUT2D eigenvalue weighted by Crippen LogP contribution is -2.17. The zero-order chi connectivity index (χ0) is 15.8. The van der Waals surface area contributed by atoms with E-state index in [0.29, 0.717) is 18.4 Å². The quantitative estimate of drug-likeness (QED) is 0.505. The maximum atomic E-state index is 11.6. The fraction of sp³-hybridized carbons (Fsp3) is 0.125. The van der Waals surface area contributed by atoms with Gasteiger partial charge in [0.2, 0.25) is 5.91 Å². The summed E-state index contributed by atoms with van der Waals surface area (Å²) in [5.74, 6) is -0.203. The minimum atomic E-state index is -0.476. The molecule has 0 aliphatic carbocycles. The van der Waals surface area contributed by atoms with Crippen molar-refractivity contribution in [1.29, 1.82) is 0 Å². The lowest BCUT2D eigenvalue weighted by molar-refractivity contribution is -0.384. The Labute approximate surface area is 127 Å². The van der Waals surface area contributed by atoms with Crippen molar-refractivity contribution >= 4 is 17.8 Å². The van der Waals surface area contributed by atoms with E-state index in [1.165, 1.54) is 18.3 Å². The molecule has 0 aromatic heterocycles. The summed E-state index contributed by atoms with van der Waals surface area (Å²) in [6.45, 7) is 0. The standard InChI is InChI=1S/C16H15N3O3/c20-16(10-9-13-5-2-1-3-6-13)18-17-12-14-7-4-8-15(11-14)19(21)22/h1-8,11-12H,9-10H2,(H,18,20)/b17-12-. The summed E-state index contributed by atoms with van der Waals surface area (Å²) in [6.07, 6.45) is 2.35. The van der Waals surface area contributed by atoms with Crippen LogP contribution in [0, 0.1) is 10.1 Å². The highest BCUT2D eigenvalue weighted by molar-refractivity contribution is 5.83. The maximum Gasteiger partial charge on any atom is 0.270 e. The van der Waals surface area contributed by atoms with Crippen molar-refractivity contribution < 1.29 is 9.72 Å². The average molecular weight is 297 g/mol. The molecular formula is C16H15N3O3. The second-order valence-corrected chi connectivity index (χ2v) is 4.63. The topological polar surface area (TPSA) is 84.6 Å². The van der Waals surface area contributed by atoms with E-state index in [0.717, 1.165) is 5.56 Å². The number of rotatable bonds is 6. The first-order valence-corrected chi connectivity index (χ1v) is 6.75. The first-order chi connectivity index (χ1) is 10.6. The Balaban J connectivity index is 1.83. The monoisotopic (exact) mass is 297 g/mol. The number of amides is 1. The first-order valence-electron chi connectivity index (χ1n) is 6.75. The Hall–Kier alpha value is -3.02. The van der Waals surface area contributed by atoms with Gasteiger partial charge in [-0.2, -0.15) is 5.10 Å². The predicted octanol–water partition coefficient (Wildman–Crippen LogP) is 2.68. The van der Waals surface area contributed by atoms with Gasteiger partial charge in [-0.3, -0.25) is 14.9 Å². The number of hydrogen-bond donors (Lipinski definition) is 1. The maximum absolute atomic E-state index is 11.6. The molecule has 0 aliphatic heterocycles. The van der Waals surface area contributed by atoms with Gasteiger partial charge < -0.3 is 0 Å². The van der Waals surface area contributed by atoms with Crippen LogP contribution in [0.5, 0.6) is 0 Å². The largest absolute Gasteiger partial charge is 0.273 e. The molecule has 0 spiro atoms. The molecule has 0 unspecified atom stereocenters. The first kappa shape index (κ1) is 15.4. The summed E-state index contributed by atoms with van der Waals surface area (Å²) >= 11 is 0. The van der Waals surface area contributed by atoms with Crippen LogP contribution in [0.4, 0.5) is 5.69 Å². The molecule has 2 aromatic rings. The molecule has 2 aromatic carbocycles. The zero-order valence-electron chi connectivity index (χ0n) is 11.8. The minimum Gasteiger partial charge on any atom is -0.273 e. The summed E-state index contributed by atoms with van der Waals surface area (Å²) in [5, 5.41) is 14.5. The van der Waals surface area contributed by atoms with Crippen molar-refractivity contribution in [2.45, 2.75) is 12.8 Å². The summed E-state index contributed by atoms with van der Waals surface area (Å²) in [4.78, 5) is 21.8. The van der Waals surface area contributed by atoms with Crippen molar-refractivity contribution in [3.8, 4) is 0 Å². The Kier molecular flexibility index (Phi) is 5.37. The van der Waals surface area contributed by atoms with Gasteiger partial charge in [-0.1, -0.05) is 42.5 Å². The van der Waals surface area contributed by atoms with Gasteiger partial charge in [0.05, 0.1) is 11.1 Å². The number of nitro benzene ring substituents is 1. The van der Waals surface area contributed by atoms with Crippen LogP contribution in [0.3, 0.4) is 0 Å². The second-order valence-electron chi connectivity index (χ2n) is 4.63. The predicted molar refractivity (Wildman–Crippen MR) is 83.6 cm³/mol. The molecule has 0 fully saturated rings. The number of aryl methyl sites for hydroxylation is 1. The number of hydrogen-bond acceptors (Lipinski definition) is 4. The summed E-state index contributed by atoms with van der Waals surface area (Å²) in [7, 11) is 0.